The smallest absolute Gasteiger partial charge is 0.335 e. The van der Waals surface area contributed by atoms with E-state index < -0.39 is 5.97 Å². The largest absolute Gasteiger partial charge is 0.478 e. The van der Waals surface area contributed by atoms with Crippen LogP contribution in [0.3, 0.4) is 0 Å². The Morgan fingerprint density at radius 1 is 1.30 bits per heavy atom. The molecule has 4 heteroatoms. The molecule has 1 aromatic carbocycles. The van der Waals surface area contributed by atoms with E-state index in [1.165, 1.54) is 19.3 Å². The first-order valence-corrected chi connectivity index (χ1v) is 8.07. The standard InChI is InChI=1S/C16H22BrNO2/c1-10(2)14-5-3-4-6-15(14)18-13-8-11(16(19)20)7-12(17)9-13/h7-10,14-15,18H,3-6H2,1-2H3,(H,19,20). The minimum Gasteiger partial charge on any atom is -0.478 e. The van der Waals surface area contributed by atoms with Gasteiger partial charge in [0.05, 0.1) is 5.56 Å². The quantitative estimate of drug-likeness (QED) is 0.830. The highest BCUT2D eigenvalue weighted by molar-refractivity contribution is 9.10. The van der Waals surface area contributed by atoms with Crippen molar-refractivity contribution in [2.24, 2.45) is 11.8 Å². The number of nitrogens with one attached hydrogen (secondary N) is 1. The maximum atomic E-state index is 11.1. The van der Waals surface area contributed by atoms with E-state index >= 15 is 0 Å². The number of hydrogen-bond donors (Lipinski definition) is 2. The molecule has 1 aromatic rings. The lowest BCUT2D eigenvalue weighted by atomic mass is 9.78. The van der Waals surface area contributed by atoms with Crippen LogP contribution in [0.2, 0.25) is 0 Å². The zero-order valence-corrected chi connectivity index (χ0v) is 13.6. The summed E-state index contributed by atoms with van der Waals surface area (Å²) in [5.74, 6) is 0.424. The molecule has 2 N–H and O–H groups in total. The van der Waals surface area contributed by atoms with Crippen LogP contribution in [0.5, 0.6) is 0 Å². The van der Waals surface area contributed by atoms with Crippen LogP contribution in [-0.2, 0) is 0 Å². The summed E-state index contributed by atoms with van der Waals surface area (Å²) in [4.78, 5) is 11.1. The van der Waals surface area contributed by atoms with Gasteiger partial charge < -0.3 is 10.4 Å². The lowest BCUT2D eigenvalue weighted by Gasteiger charge is -2.35. The van der Waals surface area contributed by atoms with Gasteiger partial charge in [-0.05, 0) is 42.9 Å². The second-order valence-electron chi connectivity index (χ2n) is 5.98. The van der Waals surface area contributed by atoms with E-state index in [1.54, 1.807) is 12.1 Å². The highest BCUT2D eigenvalue weighted by Crippen LogP contribution is 2.33. The van der Waals surface area contributed by atoms with Gasteiger partial charge in [0, 0.05) is 16.2 Å². The molecule has 0 saturated heterocycles. The Morgan fingerprint density at radius 3 is 2.65 bits per heavy atom. The SMILES string of the molecule is CC(C)C1CCCCC1Nc1cc(Br)cc(C(=O)O)c1. The number of rotatable bonds is 4. The molecule has 110 valence electrons. The van der Waals surface area contributed by atoms with Crippen LogP contribution in [-0.4, -0.2) is 17.1 Å². The van der Waals surface area contributed by atoms with Gasteiger partial charge in [0.15, 0.2) is 0 Å². The second kappa shape index (κ2) is 6.61. The number of anilines is 1. The van der Waals surface area contributed by atoms with Crippen molar-refractivity contribution >= 4 is 27.6 Å². The summed E-state index contributed by atoms with van der Waals surface area (Å²) in [7, 11) is 0. The molecule has 1 aliphatic carbocycles. The highest BCUT2D eigenvalue weighted by atomic mass is 79.9. The van der Waals surface area contributed by atoms with Crippen molar-refractivity contribution in [2.45, 2.75) is 45.6 Å². The predicted octanol–water partition coefficient (Wildman–Crippen LogP) is 4.77. The third kappa shape index (κ3) is 3.75. The number of carboxylic acids is 1. The summed E-state index contributed by atoms with van der Waals surface area (Å²) in [6, 6.07) is 5.76. The molecule has 1 saturated carbocycles. The number of hydrogen-bond acceptors (Lipinski definition) is 2. The maximum Gasteiger partial charge on any atom is 0.335 e. The normalized spacial score (nSPS) is 22.8. The Bertz CT molecular complexity index is 487. The Balaban J connectivity index is 2.17. The summed E-state index contributed by atoms with van der Waals surface area (Å²) in [5, 5.41) is 12.7. The van der Waals surface area contributed by atoms with E-state index in [4.69, 9.17) is 5.11 Å². The van der Waals surface area contributed by atoms with Gasteiger partial charge >= 0.3 is 5.97 Å². The van der Waals surface area contributed by atoms with Gasteiger partial charge in [-0.2, -0.15) is 0 Å². The molecule has 0 amide bonds. The molecule has 0 heterocycles. The van der Waals surface area contributed by atoms with Crippen molar-refractivity contribution in [3.8, 4) is 0 Å². The molecule has 0 bridgehead atoms. The van der Waals surface area contributed by atoms with Gasteiger partial charge in [-0.1, -0.05) is 42.6 Å². The van der Waals surface area contributed by atoms with Crippen molar-refractivity contribution in [1.29, 1.82) is 0 Å². The Morgan fingerprint density at radius 2 is 2.00 bits per heavy atom. The van der Waals surface area contributed by atoms with Crippen LogP contribution in [0.4, 0.5) is 5.69 Å². The molecule has 1 fully saturated rings. The van der Waals surface area contributed by atoms with Crippen LogP contribution in [0.15, 0.2) is 22.7 Å². The first-order chi connectivity index (χ1) is 9.47. The third-order valence-corrected chi connectivity index (χ3v) is 4.63. The topological polar surface area (TPSA) is 49.3 Å². The fourth-order valence-electron chi connectivity index (χ4n) is 3.15. The van der Waals surface area contributed by atoms with Crippen molar-refractivity contribution in [2.75, 3.05) is 5.32 Å². The molecule has 1 aliphatic rings. The second-order valence-corrected chi connectivity index (χ2v) is 6.89. The van der Waals surface area contributed by atoms with Crippen LogP contribution in [0.1, 0.15) is 49.9 Å². The molecular weight excluding hydrogens is 318 g/mol. The van der Waals surface area contributed by atoms with E-state index in [9.17, 15) is 4.79 Å². The van der Waals surface area contributed by atoms with Gasteiger partial charge in [-0.15, -0.1) is 0 Å². The molecule has 0 aromatic heterocycles. The summed E-state index contributed by atoms with van der Waals surface area (Å²) in [6.45, 7) is 4.54. The van der Waals surface area contributed by atoms with Crippen molar-refractivity contribution in [1.82, 2.24) is 0 Å². The van der Waals surface area contributed by atoms with Crippen molar-refractivity contribution < 1.29 is 9.90 Å². The zero-order chi connectivity index (χ0) is 14.7. The fraction of sp³-hybridized carbons (Fsp3) is 0.562. The first kappa shape index (κ1) is 15.4. The molecule has 0 aliphatic heterocycles. The van der Waals surface area contributed by atoms with Gasteiger partial charge in [0.1, 0.15) is 0 Å². The van der Waals surface area contributed by atoms with Crippen LogP contribution < -0.4 is 5.32 Å². The highest BCUT2D eigenvalue weighted by Gasteiger charge is 2.27. The van der Waals surface area contributed by atoms with E-state index in [1.807, 2.05) is 6.07 Å². The lowest BCUT2D eigenvalue weighted by molar-refractivity contribution is 0.0697. The number of benzene rings is 1. The molecule has 20 heavy (non-hydrogen) atoms. The Kier molecular flexibility index (Phi) is 5.08. The van der Waals surface area contributed by atoms with E-state index in [0.717, 1.165) is 16.6 Å². The summed E-state index contributed by atoms with van der Waals surface area (Å²) in [6.07, 6.45) is 4.98. The summed E-state index contributed by atoms with van der Waals surface area (Å²) >= 11 is 3.39. The number of aromatic carboxylic acids is 1. The molecule has 0 spiro atoms. The summed E-state index contributed by atoms with van der Waals surface area (Å²) in [5.41, 5.74) is 1.22. The Labute approximate surface area is 128 Å². The van der Waals surface area contributed by atoms with E-state index in [0.29, 0.717) is 23.4 Å². The monoisotopic (exact) mass is 339 g/mol. The number of carboxylic acid groups (broad SMARTS) is 1. The minimum absolute atomic E-state index is 0.318. The average Bonchev–Trinajstić information content (AvgIpc) is 2.38. The number of halogens is 1. The van der Waals surface area contributed by atoms with E-state index in [-0.39, 0.29) is 0 Å². The molecule has 2 unspecified atom stereocenters. The maximum absolute atomic E-state index is 11.1. The molecule has 0 radical (unpaired) electrons. The Hall–Kier alpha value is -1.03. The van der Waals surface area contributed by atoms with Crippen molar-refractivity contribution in [3.05, 3.63) is 28.2 Å². The van der Waals surface area contributed by atoms with Crippen LogP contribution in [0, 0.1) is 11.8 Å². The molecule has 2 rings (SSSR count). The first-order valence-electron chi connectivity index (χ1n) is 7.28. The minimum atomic E-state index is -0.890. The molecule has 3 nitrogen and oxygen atoms in total. The fourth-order valence-corrected chi connectivity index (χ4v) is 3.64. The van der Waals surface area contributed by atoms with Crippen LogP contribution in [0.25, 0.3) is 0 Å². The summed E-state index contributed by atoms with van der Waals surface area (Å²) < 4.78 is 0.803. The van der Waals surface area contributed by atoms with Gasteiger partial charge in [-0.25, -0.2) is 4.79 Å². The zero-order valence-electron chi connectivity index (χ0n) is 12.0. The molecule has 2 atom stereocenters. The van der Waals surface area contributed by atoms with Gasteiger partial charge in [0.2, 0.25) is 0 Å². The number of carbonyl (C=O) groups is 1. The molecular formula is C16H22BrNO2. The average molecular weight is 340 g/mol. The lowest BCUT2D eigenvalue weighted by Crippen LogP contribution is -2.35. The van der Waals surface area contributed by atoms with E-state index in [2.05, 4.69) is 35.1 Å². The van der Waals surface area contributed by atoms with Gasteiger partial charge in [0.25, 0.3) is 0 Å². The predicted molar refractivity (Wildman–Crippen MR) is 85.3 cm³/mol. The van der Waals surface area contributed by atoms with Crippen molar-refractivity contribution in [3.63, 3.8) is 0 Å². The third-order valence-electron chi connectivity index (χ3n) is 4.17. The van der Waals surface area contributed by atoms with Crippen LogP contribution >= 0.6 is 15.9 Å². The van der Waals surface area contributed by atoms with Gasteiger partial charge in [-0.3, -0.25) is 0 Å².